The third-order valence-corrected chi connectivity index (χ3v) is 2.96. The number of nitrogens with zero attached hydrogens (tertiary/aromatic N) is 1. The summed E-state index contributed by atoms with van der Waals surface area (Å²) in [5.41, 5.74) is 0.893. The average molecular weight is 325 g/mol. The Morgan fingerprint density at radius 3 is 2.79 bits per heavy atom. The van der Waals surface area contributed by atoms with Crippen molar-refractivity contribution in [2.75, 3.05) is 11.9 Å². The first-order valence-electron chi connectivity index (χ1n) is 5.95. The molecule has 5 heteroatoms. The first-order valence-corrected chi connectivity index (χ1v) is 6.75. The van der Waals surface area contributed by atoms with Crippen LogP contribution in [-0.4, -0.2) is 11.5 Å². The topological polar surface area (TPSA) is 34.1 Å². The van der Waals surface area contributed by atoms with Gasteiger partial charge >= 0.3 is 0 Å². The van der Waals surface area contributed by atoms with Crippen molar-refractivity contribution in [2.45, 2.75) is 13.5 Å². The predicted octanol–water partition coefficient (Wildman–Crippen LogP) is 3.99. The fraction of sp³-hybridized carbons (Fsp3) is 0.214. The summed E-state index contributed by atoms with van der Waals surface area (Å²) in [6, 6.07) is 8.49. The fourth-order valence-corrected chi connectivity index (χ4v) is 1.88. The highest BCUT2D eigenvalue weighted by Gasteiger charge is 2.04. The summed E-state index contributed by atoms with van der Waals surface area (Å²) in [5, 5.41) is 3.11. The van der Waals surface area contributed by atoms with Crippen LogP contribution in [0.15, 0.2) is 41.0 Å². The number of hydrogen-bond donors (Lipinski definition) is 1. The number of rotatable bonds is 5. The Kier molecular flexibility index (Phi) is 4.74. The van der Waals surface area contributed by atoms with Crippen molar-refractivity contribution >= 4 is 21.7 Å². The van der Waals surface area contributed by atoms with Crippen molar-refractivity contribution in [3.05, 3.63) is 52.4 Å². The molecule has 0 aliphatic heterocycles. The Morgan fingerprint density at radius 2 is 2.16 bits per heavy atom. The van der Waals surface area contributed by atoms with Crippen LogP contribution >= 0.6 is 15.9 Å². The quantitative estimate of drug-likeness (QED) is 0.902. The standard InChI is InChI=1S/C14H14BrFN2O/c1-2-17-14-6-3-10(8-18-14)9-19-13-5-4-11(15)7-12(13)16/h3-8H,2,9H2,1H3,(H,17,18). The molecule has 2 aromatic rings. The summed E-state index contributed by atoms with van der Waals surface area (Å²) < 4.78 is 19.6. The van der Waals surface area contributed by atoms with E-state index in [9.17, 15) is 4.39 Å². The molecule has 0 radical (unpaired) electrons. The van der Waals surface area contributed by atoms with Crippen LogP contribution in [0.4, 0.5) is 10.2 Å². The highest BCUT2D eigenvalue weighted by Crippen LogP contribution is 2.22. The number of benzene rings is 1. The average Bonchev–Trinajstić information content (AvgIpc) is 2.40. The SMILES string of the molecule is CCNc1ccc(COc2ccc(Br)cc2F)cn1. The van der Waals surface area contributed by atoms with Gasteiger partial charge in [0.1, 0.15) is 12.4 Å². The van der Waals surface area contributed by atoms with E-state index >= 15 is 0 Å². The number of hydrogen-bond acceptors (Lipinski definition) is 3. The minimum absolute atomic E-state index is 0.235. The van der Waals surface area contributed by atoms with Gasteiger partial charge in [0.25, 0.3) is 0 Å². The van der Waals surface area contributed by atoms with Gasteiger partial charge in [-0.05, 0) is 31.2 Å². The molecule has 0 unspecified atom stereocenters. The van der Waals surface area contributed by atoms with Crippen LogP contribution in [0.1, 0.15) is 12.5 Å². The Labute approximate surface area is 119 Å². The first-order chi connectivity index (χ1) is 9.19. The molecule has 0 aliphatic rings. The number of nitrogens with one attached hydrogen (secondary N) is 1. The van der Waals surface area contributed by atoms with Crippen LogP contribution in [0.5, 0.6) is 5.75 Å². The highest BCUT2D eigenvalue weighted by atomic mass is 79.9. The number of ether oxygens (including phenoxy) is 1. The van der Waals surface area contributed by atoms with Gasteiger partial charge in [0.15, 0.2) is 11.6 Å². The van der Waals surface area contributed by atoms with Gasteiger partial charge in [0.2, 0.25) is 0 Å². The molecule has 0 spiro atoms. The fourth-order valence-electron chi connectivity index (χ4n) is 1.55. The zero-order valence-electron chi connectivity index (χ0n) is 10.5. The number of halogens is 2. The minimum Gasteiger partial charge on any atom is -0.486 e. The second-order valence-corrected chi connectivity index (χ2v) is 4.86. The zero-order chi connectivity index (χ0) is 13.7. The van der Waals surface area contributed by atoms with Gasteiger partial charge in [-0.1, -0.05) is 22.0 Å². The van der Waals surface area contributed by atoms with Crippen molar-refractivity contribution in [1.82, 2.24) is 4.98 Å². The smallest absolute Gasteiger partial charge is 0.166 e. The molecule has 19 heavy (non-hydrogen) atoms. The predicted molar refractivity (Wildman–Crippen MR) is 76.8 cm³/mol. The van der Waals surface area contributed by atoms with E-state index in [0.29, 0.717) is 4.47 Å². The van der Waals surface area contributed by atoms with Gasteiger partial charge in [0.05, 0.1) is 0 Å². The summed E-state index contributed by atoms with van der Waals surface area (Å²) in [4.78, 5) is 4.22. The van der Waals surface area contributed by atoms with E-state index < -0.39 is 0 Å². The molecule has 0 amide bonds. The van der Waals surface area contributed by atoms with Gasteiger partial charge in [-0.25, -0.2) is 9.37 Å². The molecule has 1 aromatic heterocycles. The summed E-state index contributed by atoms with van der Waals surface area (Å²) in [6.45, 7) is 3.12. The summed E-state index contributed by atoms with van der Waals surface area (Å²) in [5.74, 6) is 0.673. The van der Waals surface area contributed by atoms with Crippen LogP contribution < -0.4 is 10.1 Å². The Morgan fingerprint density at radius 1 is 1.32 bits per heavy atom. The van der Waals surface area contributed by atoms with Gasteiger partial charge in [-0.2, -0.15) is 0 Å². The maximum Gasteiger partial charge on any atom is 0.166 e. The van der Waals surface area contributed by atoms with Gasteiger partial charge in [-0.3, -0.25) is 0 Å². The molecule has 0 fully saturated rings. The van der Waals surface area contributed by atoms with Crippen molar-refractivity contribution in [3.63, 3.8) is 0 Å². The third-order valence-electron chi connectivity index (χ3n) is 2.47. The minimum atomic E-state index is -0.383. The van der Waals surface area contributed by atoms with Gasteiger partial charge in [0, 0.05) is 22.8 Å². The zero-order valence-corrected chi connectivity index (χ0v) is 12.1. The lowest BCUT2D eigenvalue weighted by Gasteiger charge is -2.08. The molecule has 1 heterocycles. The maximum absolute atomic E-state index is 13.5. The molecular formula is C14H14BrFN2O. The van der Waals surface area contributed by atoms with Crippen molar-refractivity contribution < 1.29 is 9.13 Å². The maximum atomic E-state index is 13.5. The van der Waals surface area contributed by atoms with Gasteiger partial charge < -0.3 is 10.1 Å². The molecule has 1 aromatic carbocycles. The second-order valence-electron chi connectivity index (χ2n) is 3.95. The molecule has 0 saturated carbocycles. The monoisotopic (exact) mass is 324 g/mol. The lowest BCUT2D eigenvalue weighted by atomic mass is 10.3. The largest absolute Gasteiger partial charge is 0.486 e. The molecule has 0 aliphatic carbocycles. The van der Waals surface area contributed by atoms with Crippen molar-refractivity contribution in [2.24, 2.45) is 0 Å². The molecule has 2 rings (SSSR count). The van der Waals surface area contributed by atoms with E-state index in [2.05, 4.69) is 26.2 Å². The van der Waals surface area contributed by atoms with Crippen LogP contribution in [0, 0.1) is 5.82 Å². The Hall–Kier alpha value is -1.62. The second kappa shape index (κ2) is 6.52. The molecule has 0 bridgehead atoms. The van der Waals surface area contributed by atoms with E-state index in [1.54, 1.807) is 18.3 Å². The van der Waals surface area contributed by atoms with Crippen molar-refractivity contribution in [1.29, 1.82) is 0 Å². The van der Waals surface area contributed by atoms with E-state index in [1.165, 1.54) is 6.07 Å². The lowest BCUT2D eigenvalue weighted by molar-refractivity contribution is 0.290. The summed E-state index contributed by atoms with van der Waals surface area (Å²) in [6.07, 6.45) is 1.72. The summed E-state index contributed by atoms with van der Waals surface area (Å²) >= 11 is 3.20. The Bertz CT molecular complexity index is 546. The molecule has 3 nitrogen and oxygen atoms in total. The number of aromatic nitrogens is 1. The first kappa shape index (κ1) is 13.8. The van der Waals surface area contributed by atoms with Crippen LogP contribution in [0.25, 0.3) is 0 Å². The Balaban J connectivity index is 1.98. The van der Waals surface area contributed by atoms with E-state index in [1.807, 2.05) is 19.1 Å². The summed E-state index contributed by atoms with van der Waals surface area (Å²) in [7, 11) is 0. The van der Waals surface area contributed by atoms with Gasteiger partial charge in [-0.15, -0.1) is 0 Å². The highest BCUT2D eigenvalue weighted by molar-refractivity contribution is 9.10. The lowest BCUT2D eigenvalue weighted by Crippen LogP contribution is -2.01. The van der Waals surface area contributed by atoms with E-state index in [4.69, 9.17) is 4.74 Å². The molecular weight excluding hydrogens is 311 g/mol. The van der Waals surface area contributed by atoms with Crippen LogP contribution in [0.2, 0.25) is 0 Å². The van der Waals surface area contributed by atoms with Crippen LogP contribution in [0.3, 0.4) is 0 Å². The molecule has 1 N–H and O–H groups in total. The number of pyridine rings is 1. The van der Waals surface area contributed by atoms with E-state index in [0.717, 1.165) is 17.9 Å². The third kappa shape index (κ3) is 3.92. The van der Waals surface area contributed by atoms with E-state index in [-0.39, 0.29) is 18.2 Å². The van der Waals surface area contributed by atoms with Crippen LogP contribution in [-0.2, 0) is 6.61 Å². The molecule has 0 saturated heterocycles. The molecule has 100 valence electrons. The van der Waals surface area contributed by atoms with Crippen molar-refractivity contribution in [3.8, 4) is 5.75 Å². The molecule has 0 atom stereocenters. The normalized spacial score (nSPS) is 10.3. The number of anilines is 1.